The van der Waals surface area contributed by atoms with Gasteiger partial charge in [0.25, 0.3) is 0 Å². The summed E-state index contributed by atoms with van der Waals surface area (Å²) in [4.78, 5) is 13.1. The molecule has 0 radical (unpaired) electrons. The lowest BCUT2D eigenvalue weighted by Gasteiger charge is -2.07. The molecule has 0 unspecified atom stereocenters. The monoisotopic (exact) mass is 304 g/mol. The smallest absolute Gasteiger partial charge is 0.231 e. The van der Waals surface area contributed by atoms with E-state index in [4.69, 9.17) is 13.9 Å². The van der Waals surface area contributed by atoms with Crippen molar-refractivity contribution in [2.45, 2.75) is 6.92 Å². The summed E-state index contributed by atoms with van der Waals surface area (Å²) in [7, 11) is 0. The molecular formula is C19H12O4. The third kappa shape index (κ3) is 1.63. The van der Waals surface area contributed by atoms with E-state index in [0.29, 0.717) is 33.4 Å². The lowest BCUT2D eigenvalue weighted by atomic mass is 10.0. The maximum Gasteiger partial charge on any atom is 0.231 e. The molecule has 1 aliphatic rings. The van der Waals surface area contributed by atoms with Gasteiger partial charge in [0, 0.05) is 5.39 Å². The molecule has 0 fully saturated rings. The Morgan fingerprint density at radius 3 is 2.57 bits per heavy atom. The summed E-state index contributed by atoms with van der Waals surface area (Å²) in [5, 5.41) is 2.97. The minimum absolute atomic E-state index is 0.0104. The molecule has 4 nitrogen and oxygen atoms in total. The molecule has 0 atom stereocenters. The normalized spacial score (nSPS) is 13.3. The molecule has 0 saturated carbocycles. The molecule has 1 aromatic heterocycles. The van der Waals surface area contributed by atoms with E-state index >= 15 is 0 Å². The Hall–Kier alpha value is -3.01. The molecular weight excluding hydrogens is 292 g/mol. The fourth-order valence-corrected chi connectivity index (χ4v) is 3.27. The number of benzene rings is 3. The highest BCUT2D eigenvalue weighted by molar-refractivity contribution is 6.09. The predicted molar refractivity (Wildman–Crippen MR) is 88.4 cm³/mol. The topological polar surface area (TPSA) is 48.7 Å². The second-order valence-corrected chi connectivity index (χ2v) is 5.74. The summed E-state index contributed by atoms with van der Waals surface area (Å²) < 4.78 is 16.8. The zero-order valence-corrected chi connectivity index (χ0v) is 12.4. The number of aryl methyl sites for hydroxylation is 1. The van der Waals surface area contributed by atoms with Gasteiger partial charge in [-0.05, 0) is 42.1 Å². The molecule has 5 rings (SSSR count). The van der Waals surface area contributed by atoms with E-state index in [1.807, 2.05) is 49.4 Å². The number of hydrogen-bond donors (Lipinski definition) is 0. The van der Waals surface area contributed by atoms with Crippen LogP contribution in [-0.2, 0) is 0 Å². The average molecular weight is 304 g/mol. The lowest BCUT2D eigenvalue weighted by Crippen LogP contribution is -2.04. The first-order valence-corrected chi connectivity index (χ1v) is 7.41. The van der Waals surface area contributed by atoms with Crippen LogP contribution in [0.2, 0.25) is 0 Å². The molecule has 0 bridgehead atoms. The van der Waals surface area contributed by atoms with Crippen LogP contribution in [0, 0.1) is 6.92 Å². The number of fused-ring (bicyclic) bond motifs is 5. The van der Waals surface area contributed by atoms with E-state index in [-0.39, 0.29) is 12.2 Å². The first-order chi connectivity index (χ1) is 11.2. The van der Waals surface area contributed by atoms with E-state index < -0.39 is 0 Å². The Balaban J connectivity index is 2.04. The molecule has 4 aromatic rings. The molecule has 4 heteroatoms. The first-order valence-electron chi connectivity index (χ1n) is 7.41. The van der Waals surface area contributed by atoms with Crippen molar-refractivity contribution in [1.82, 2.24) is 0 Å². The van der Waals surface area contributed by atoms with E-state index in [2.05, 4.69) is 0 Å². The second kappa shape index (κ2) is 4.26. The van der Waals surface area contributed by atoms with Crippen molar-refractivity contribution in [3.63, 3.8) is 0 Å². The Morgan fingerprint density at radius 2 is 1.70 bits per heavy atom. The zero-order chi connectivity index (χ0) is 15.6. The molecule has 3 aromatic carbocycles. The van der Waals surface area contributed by atoms with Gasteiger partial charge in [-0.25, -0.2) is 0 Å². The van der Waals surface area contributed by atoms with Gasteiger partial charge in [0.2, 0.25) is 12.2 Å². The fourth-order valence-electron chi connectivity index (χ4n) is 3.27. The average Bonchev–Trinajstić information content (AvgIpc) is 2.99. The van der Waals surface area contributed by atoms with Crippen molar-refractivity contribution < 1.29 is 13.9 Å². The van der Waals surface area contributed by atoms with Gasteiger partial charge in [-0.15, -0.1) is 0 Å². The van der Waals surface area contributed by atoms with Crippen LogP contribution >= 0.6 is 0 Å². The van der Waals surface area contributed by atoms with Crippen molar-refractivity contribution in [3.05, 3.63) is 58.3 Å². The minimum atomic E-state index is -0.0104. The number of hydrogen-bond acceptors (Lipinski definition) is 4. The second-order valence-electron chi connectivity index (χ2n) is 5.74. The summed E-state index contributed by atoms with van der Waals surface area (Å²) in [5.74, 6) is 1.37. The molecule has 0 saturated heterocycles. The molecule has 0 spiro atoms. The highest BCUT2D eigenvalue weighted by atomic mass is 16.7. The SMILES string of the molecule is Cc1cccc2oc3ccc4cc5c(cc4c3c(=O)c12)OCO5. The molecule has 2 heterocycles. The van der Waals surface area contributed by atoms with E-state index in [0.717, 1.165) is 16.3 Å². The minimum Gasteiger partial charge on any atom is -0.456 e. The highest BCUT2D eigenvalue weighted by Gasteiger charge is 2.18. The van der Waals surface area contributed by atoms with Gasteiger partial charge < -0.3 is 13.9 Å². The predicted octanol–water partition coefficient (Wildman–Crippen LogP) is 4.14. The molecule has 1 aliphatic heterocycles. The Morgan fingerprint density at radius 1 is 0.913 bits per heavy atom. The van der Waals surface area contributed by atoms with E-state index in [1.54, 1.807) is 0 Å². The highest BCUT2D eigenvalue weighted by Crippen LogP contribution is 2.38. The fraction of sp³-hybridized carbons (Fsp3) is 0.105. The van der Waals surface area contributed by atoms with Gasteiger partial charge in [0.05, 0.1) is 10.8 Å². The summed E-state index contributed by atoms with van der Waals surface area (Å²) in [6.45, 7) is 2.13. The van der Waals surface area contributed by atoms with Gasteiger partial charge in [-0.3, -0.25) is 4.79 Å². The third-order valence-electron chi connectivity index (χ3n) is 4.38. The Bertz CT molecular complexity index is 1170. The van der Waals surface area contributed by atoms with Crippen LogP contribution in [0.3, 0.4) is 0 Å². The van der Waals surface area contributed by atoms with Crippen molar-refractivity contribution in [2.24, 2.45) is 0 Å². The molecule has 23 heavy (non-hydrogen) atoms. The number of rotatable bonds is 0. The summed E-state index contributed by atoms with van der Waals surface area (Å²) >= 11 is 0. The molecule has 112 valence electrons. The van der Waals surface area contributed by atoms with Crippen LogP contribution in [-0.4, -0.2) is 6.79 Å². The van der Waals surface area contributed by atoms with Crippen LogP contribution in [0.1, 0.15) is 5.56 Å². The van der Waals surface area contributed by atoms with Gasteiger partial charge in [-0.1, -0.05) is 18.2 Å². The Labute approximate surface area is 130 Å². The standard InChI is InChI=1S/C19H12O4/c1-10-3-2-4-13-17(10)19(20)18-12-8-16-15(21-9-22-16)7-11(12)5-6-14(18)23-13/h2-8H,9H2,1H3. The first kappa shape index (κ1) is 12.5. The van der Waals surface area contributed by atoms with E-state index in [1.165, 1.54) is 0 Å². The maximum absolute atomic E-state index is 13.1. The van der Waals surface area contributed by atoms with Gasteiger partial charge in [0.15, 0.2) is 11.5 Å². The van der Waals surface area contributed by atoms with Crippen molar-refractivity contribution in [3.8, 4) is 11.5 Å². The molecule has 0 amide bonds. The summed E-state index contributed by atoms with van der Waals surface area (Å²) in [5.41, 5.74) is 2.10. The third-order valence-corrected chi connectivity index (χ3v) is 4.38. The van der Waals surface area contributed by atoms with Crippen LogP contribution < -0.4 is 14.9 Å². The largest absolute Gasteiger partial charge is 0.456 e. The van der Waals surface area contributed by atoms with Crippen LogP contribution in [0.5, 0.6) is 11.5 Å². The van der Waals surface area contributed by atoms with Crippen LogP contribution in [0.4, 0.5) is 0 Å². The Kier molecular flexibility index (Phi) is 2.32. The van der Waals surface area contributed by atoms with E-state index in [9.17, 15) is 4.79 Å². The van der Waals surface area contributed by atoms with Crippen molar-refractivity contribution in [1.29, 1.82) is 0 Å². The van der Waals surface area contributed by atoms with Crippen LogP contribution in [0.25, 0.3) is 32.7 Å². The van der Waals surface area contributed by atoms with Gasteiger partial charge in [-0.2, -0.15) is 0 Å². The lowest BCUT2D eigenvalue weighted by molar-refractivity contribution is 0.174. The maximum atomic E-state index is 13.1. The van der Waals surface area contributed by atoms with Crippen molar-refractivity contribution in [2.75, 3.05) is 6.79 Å². The molecule has 0 aliphatic carbocycles. The zero-order valence-electron chi connectivity index (χ0n) is 12.4. The van der Waals surface area contributed by atoms with Crippen molar-refractivity contribution >= 4 is 32.7 Å². The number of ether oxygens (including phenoxy) is 2. The van der Waals surface area contributed by atoms with Gasteiger partial charge in [0.1, 0.15) is 11.2 Å². The van der Waals surface area contributed by atoms with Gasteiger partial charge >= 0.3 is 0 Å². The summed E-state index contributed by atoms with van der Waals surface area (Å²) in [6.07, 6.45) is 0. The quantitative estimate of drug-likeness (QED) is 0.362. The molecule has 0 N–H and O–H groups in total. The summed E-state index contributed by atoms with van der Waals surface area (Å²) in [6, 6.07) is 13.2. The van der Waals surface area contributed by atoms with Crippen LogP contribution in [0.15, 0.2) is 51.7 Å².